The van der Waals surface area contributed by atoms with Crippen LogP contribution in [0, 0.1) is 5.92 Å². The molecular weight excluding hydrogens is 178 g/mol. The van der Waals surface area contributed by atoms with Crippen LogP contribution < -0.4 is 5.32 Å². The number of Topliss-reactive ketones (excluding diaryl/α,β-unsaturated/α-hetero) is 1. The molecule has 0 aromatic carbocycles. The van der Waals surface area contributed by atoms with Gasteiger partial charge in [0.15, 0.2) is 5.82 Å². The third-order valence-electron chi connectivity index (χ3n) is 2.83. The van der Waals surface area contributed by atoms with Gasteiger partial charge in [0.05, 0.1) is 0 Å². The Kier molecular flexibility index (Phi) is 2.27. The van der Waals surface area contributed by atoms with Crippen LogP contribution in [0.4, 0.5) is 5.82 Å². The lowest BCUT2D eigenvalue weighted by atomic mass is 9.82. The quantitative estimate of drug-likeness (QED) is 0.739. The second kappa shape index (κ2) is 3.44. The molecule has 1 aromatic heterocycles. The standard InChI is InChI=1S/C10H15N3O/c1-11-8-6-13(2)10(12-8)9(14)7-4-3-5-7/h6-7,11H,3-5H2,1-2H3. The van der Waals surface area contributed by atoms with E-state index < -0.39 is 0 Å². The van der Waals surface area contributed by atoms with Crippen LogP contribution in [0.25, 0.3) is 0 Å². The number of anilines is 1. The zero-order valence-corrected chi connectivity index (χ0v) is 8.58. The van der Waals surface area contributed by atoms with Crippen molar-refractivity contribution >= 4 is 11.6 Å². The normalized spacial score (nSPS) is 16.4. The minimum atomic E-state index is 0.195. The van der Waals surface area contributed by atoms with Gasteiger partial charge in [-0.2, -0.15) is 0 Å². The van der Waals surface area contributed by atoms with E-state index in [-0.39, 0.29) is 11.7 Å². The maximum atomic E-state index is 11.9. The average Bonchev–Trinajstić information content (AvgIpc) is 2.43. The van der Waals surface area contributed by atoms with Crippen molar-refractivity contribution in [3.8, 4) is 0 Å². The maximum absolute atomic E-state index is 11.9. The van der Waals surface area contributed by atoms with Crippen LogP contribution in [0.15, 0.2) is 6.20 Å². The molecule has 1 N–H and O–H groups in total. The first-order valence-corrected chi connectivity index (χ1v) is 4.97. The van der Waals surface area contributed by atoms with E-state index in [0.29, 0.717) is 5.82 Å². The Labute approximate surface area is 83.3 Å². The van der Waals surface area contributed by atoms with Crippen molar-refractivity contribution < 1.29 is 4.79 Å². The van der Waals surface area contributed by atoms with Crippen LogP contribution >= 0.6 is 0 Å². The van der Waals surface area contributed by atoms with Crippen molar-refractivity contribution in [1.29, 1.82) is 0 Å². The van der Waals surface area contributed by atoms with Gasteiger partial charge < -0.3 is 9.88 Å². The van der Waals surface area contributed by atoms with Crippen molar-refractivity contribution in [2.45, 2.75) is 19.3 Å². The maximum Gasteiger partial charge on any atom is 0.201 e. The molecule has 0 aliphatic heterocycles. The van der Waals surface area contributed by atoms with Gasteiger partial charge in [0, 0.05) is 26.2 Å². The van der Waals surface area contributed by atoms with Crippen LogP contribution in [0.5, 0.6) is 0 Å². The van der Waals surface area contributed by atoms with E-state index in [1.54, 1.807) is 11.6 Å². The summed E-state index contributed by atoms with van der Waals surface area (Å²) < 4.78 is 1.80. The molecule has 1 heterocycles. The number of nitrogens with zero attached hydrogens (tertiary/aromatic N) is 2. The van der Waals surface area contributed by atoms with Crippen LogP contribution in [-0.4, -0.2) is 22.4 Å². The molecular formula is C10H15N3O. The van der Waals surface area contributed by atoms with Gasteiger partial charge in [-0.1, -0.05) is 6.42 Å². The molecule has 1 aromatic rings. The van der Waals surface area contributed by atoms with Gasteiger partial charge in [0.2, 0.25) is 5.78 Å². The third kappa shape index (κ3) is 1.41. The highest BCUT2D eigenvalue weighted by Crippen LogP contribution is 2.29. The second-order valence-electron chi connectivity index (χ2n) is 3.80. The third-order valence-corrected chi connectivity index (χ3v) is 2.83. The number of nitrogens with one attached hydrogen (secondary N) is 1. The molecule has 0 atom stereocenters. The number of ketones is 1. The molecule has 1 fully saturated rings. The van der Waals surface area contributed by atoms with Crippen molar-refractivity contribution in [3.63, 3.8) is 0 Å². The highest BCUT2D eigenvalue weighted by atomic mass is 16.1. The van der Waals surface area contributed by atoms with Crippen molar-refractivity contribution in [2.75, 3.05) is 12.4 Å². The molecule has 1 saturated carbocycles. The van der Waals surface area contributed by atoms with E-state index in [1.165, 1.54) is 6.42 Å². The Morgan fingerprint density at radius 2 is 2.36 bits per heavy atom. The van der Waals surface area contributed by atoms with E-state index in [2.05, 4.69) is 10.3 Å². The molecule has 0 radical (unpaired) electrons. The molecule has 1 aliphatic carbocycles. The van der Waals surface area contributed by atoms with Crippen LogP contribution in [0.2, 0.25) is 0 Å². The van der Waals surface area contributed by atoms with Crippen LogP contribution in [-0.2, 0) is 7.05 Å². The predicted molar refractivity (Wildman–Crippen MR) is 54.4 cm³/mol. The van der Waals surface area contributed by atoms with Crippen molar-refractivity contribution in [2.24, 2.45) is 13.0 Å². The van der Waals surface area contributed by atoms with Gasteiger partial charge in [-0.15, -0.1) is 0 Å². The zero-order valence-electron chi connectivity index (χ0n) is 8.58. The summed E-state index contributed by atoms with van der Waals surface area (Å²) in [4.78, 5) is 16.1. The number of carbonyl (C=O) groups is 1. The number of aryl methyl sites for hydroxylation is 1. The van der Waals surface area contributed by atoms with E-state index in [9.17, 15) is 4.79 Å². The lowest BCUT2D eigenvalue weighted by molar-refractivity contribution is 0.0841. The van der Waals surface area contributed by atoms with Crippen molar-refractivity contribution in [1.82, 2.24) is 9.55 Å². The highest BCUT2D eigenvalue weighted by molar-refractivity contribution is 5.95. The Balaban J connectivity index is 2.21. The Bertz CT molecular complexity index is 352. The molecule has 76 valence electrons. The smallest absolute Gasteiger partial charge is 0.201 e. The first-order chi connectivity index (χ1) is 6.72. The fourth-order valence-electron chi connectivity index (χ4n) is 1.67. The number of carbonyl (C=O) groups excluding carboxylic acids is 1. The molecule has 2 rings (SSSR count). The minimum absolute atomic E-state index is 0.195. The summed E-state index contributed by atoms with van der Waals surface area (Å²) in [7, 11) is 3.67. The first-order valence-electron chi connectivity index (χ1n) is 4.97. The lowest BCUT2D eigenvalue weighted by Gasteiger charge is -2.23. The minimum Gasteiger partial charge on any atom is -0.372 e. The molecule has 4 nitrogen and oxygen atoms in total. The van der Waals surface area contributed by atoms with E-state index in [1.807, 2.05) is 13.2 Å². The lowest BCUT2D eigenvalue weighted by Crippen LogP contribution is -2.24. The largest absolute Gasteiger partial charge is 0.372 e. The number of hydrogen-bond acceptors (Lipinski definition) is 3. The predicted octanol–water partition coefficient (Wildman–Crippen LogP) is 1.44. The average molecular weight is 193 g/mol. The number of imidazole rings is 1. The molecule has 1 aliphatic rings. The van der Waals surface area contributed by atoms with Gasteiger partial charge in [0.25, 0.3) is 0 Å². The SMILES string of the molecule is CNc1cn(C)c(C(=O)C2CCC2)n1. The van der Waals surface area contributed by atoms with Crippen LogP contribution in [0.3, 0.4) is 0 Å². The number of hydrogen-bond donors (Lipinski definition) is 1. The summed E-state index contributed by atoms with van der Waals surface area (Å²) in [6.07, 6.45) is 5.08. The molecule has 0 bridgehead atoms. The summed E-state index contributed by atoms with van der Waals surface area (Å²) in [5.74, 6) is 1.76. The van der Waals surface area contributed by atoms with E-state index >= 15 is 0 Å². The van der Waals surface area contributed by atoms with Gasteiger partial charge in [-0.3, -0.25) is 4.79 Å². The Morgan fingerprint density at radius 3 is 2.79 bits per heavy atom. The Morgan fingerprint density at radius 1 is 1.64 bits per heavy atom. The molecule has 4 heteroatoms. The molecule has 0 unspecified atom stereocenters. The number of aromatic nitrogens is 2. The van der Waals surface area contributed by atoms with Gasteiger partial charge in [0.1, 0.15) is 5.82 Å². The highest BCUT2D eigenvalue weighted by Gasteiger charge is 2.28. The fourth-order valence-corrected chi connectivity index (χ4v) is 1.67. The molecule has 0 saturated heterocycles. The van der Waals surface area contributed by atoms with Crippen molar-refractivity contribution in [3.05, 3.63) is 12.0 Å². The van der Waals surface area contributed by atoms with Gasteiger partial charge >= 0.3 is 0 Å². The van der Waals surface area contributed by atoms with E-state index in [0.717, 1.165) is 18.7 Å². The summed E-state index contributed by atoms with van der Waals surface area (Å²) in [5.41, 5.74) is 0. The number of rotatable bonds is 3. The topological polar surface area (TPSA) is 46.9 Å². The molecule has 0 spiro atoms. The Hall–Kier alpha value is -1.32. The van der Waals surface area contributed by atoms with E-state index in [4.69, 9.17) is 0 Å². The van der Waals surface area contributed by atoms with Gasteiger partial charge in [-0.25, -0.2) is 4.98 Å². The fraction of sp³-hybridized carbons (Fsp3) is 0.600. The summed E-state index contributed by atoms with van der Waals surface area (Å²) in [6, 6.07) is 0. The summed E-state index contributed by atoms with van der Waals surface area (Å²) in [6.45, 7) is 0. The zero-order chi connectivity index (χ0) is 10.1. The molecule has 14 heavy (non-hydrogen) atoms. The summed E-state index contributed by atoms with van der Waals surface area (Å²) in [5, 5.41) is 2.93. The first kappa shape index (κ1) is 9.24. The monoisotopic (exact) mass is 193 g/mol. The second-order valence-corrected chi connectivity index (χ2v) is 3.80. The summed E-state index contributed by atoms with van der Waals surface area (Å²) >= 11 is 0. The van der Waals surface area contributed by atoms with Gasteiger partial charge in [-0.05, 0) is 12.8 Å². The van der Waals surface area contributed by atoms with Crippen LogP contribution in [0.1, 0.15) is 29.9 Å². The molecule has 0 amide bonds.